The van der Waals surface area contributed by atoms with E-state index in [9.17, 15) is 0 Å². The van der Waals surface area contributed by atoms with Crippen molar-refractivity contribution in [2.45, 2.75) is 12.5 Å². The molecule has 1 heterocycles. The van der Waals surface area contributed by atoms with Gasteiger partial charge in [0.25, 0.3) is 0 Å². The van der Waals surface area contributed by atoms with Crippen LogP contribution in [0.3, 0.4) is 0 Å². The quantitative estimate of drug-likeness (QED) is 0.828. The third-order valence-electron chi connectivity index (χ3n) is 2.63. The molecule has 0 saturated carbocycles. The van der Waals surface area contributed by atoms with Gasteiger partial charge < -0.3 is 5.32 Å². The zero-order valence-corrected chi connectivity index (χ0v) is 13.0. The van der Waals surface area contributed by atoms with Crippen molar-refractivity contribution < 1.29 is 0 Å². The van der Waals surface area contributed by atoms with E-state index in [0.717, 1.165) is 14.2 Å². The molecule has 0 fully saturated rings. The maximum Gasteiger partial charge on any atom is 0.176 e. The number of rotatable bonds is 4. The van der Waals surface area contributed by atoms with Gasteiger partial charge in [0.1, 0.15) is 0 Å². The fourth-order valence-corrected chi connectivity index (χ4v) is 2.23. The molecular formula is C11H13ClIN5. The third-order valence-corrected chi connectivity index (χ3v) is 4.20. The smallest absolute Gasteiger partial charge is 0.176 e. The van der Waals surface area contributed by atoms with Crippen LogP contribution in [0, 0.1) is 3.57 Å². The van der Waals surface area contributed by atoms with Gasteiger partial charge in [-0.3, -0.25) is 0 Å². The summed E-state index contributed by atoms with van der Waals surface area (Å²) in [7, 11) is 3.67. The minimum Gasteiger partial charge on any atom is -0.313 e. The SMILES string of the molecule is CNC(Cc1nnn(C)n1)c1ccc(I)c(Cl)c1. The summed E-state index contributed by atoms with van der Waals surface area (Å²) in [6.45, 7) is 0. The lowest BCUT2D eigenvalue weighted by atomic mass is 10.0. The van der Waals surface area contributed by atoms with Crippen molar-refractivity contribution in [3.8, 4) is 0 Å². The average molecular weight is 378 g/mol. The number of aryl methyl sites for hydroxylation is 1. The van der Waals surface area contributed by atoms with Crippen molar-refractivity contribution >= 4 is 34.2 Å². The monoisotopic (exact) mass is 377 g/mol. The molecule has 0 aliphatic heterocycles. The van der Waals surface area contributed by atoms with Crippen LogP contribution in [0.15, 0.2) is 18.2 Å². The van der Waals surface area contributed by atoms with Gasteiger partial charge in [0, 0.05) is 16.0 Å². The molecule has 0 amide bonds. The molecule has 96 valence electrons. The number of hydrogen-bond donors (Lipinski definition) is 1. The van der Waals surface area contributed by atoms with Crippen LogP contribution in [-0.2, 0) is 13.5 Å². The second kappa shape index (κ2) is 5.94. The number of halogens is 2. The summed E-state index contributed by atoms with van der Waals surface area (Å²) in [6.07, 6.45) is 0.682. The van der Waals surface area contributed by atoms with Gasteiger partial charge in [-0.1, -0.05) is 17.7 Å². The van der Waals surface area contributed by atoms with Crippen LogP contribution >= 0.6 is 34.2 Å². The summed E-state index contributed by atoms with van der Waals surface area (Å²) in [5.41, 5.74) is 1.12. The molecule has 1 atom stereocenters. The molecule has 1 unspecified atom stereocenters. The highest BCUT2D eigenvalue weighted by Crippen LogP contribution is 2.24. The van der Waals surface area contributed by atoms with Crippen molar-refractivity contribution in [3.05, 3.63) is 38.2 Å². The van der Waals surface area contributed by atoms with Gasteiger partial charge in [-0.25, -0.2) is 0 Å². The number of aromatic nitrogens is 4. The fraction of sp³-hybridized carbons (Fsp3) is 0.364. The first-order valence-corrected chi connectivity index (χ1v) is 6.91. The van der Waals surface area contributed by atoms with E-state index in [-0.39, 0.29) is 6.04 Å². The van der Waals surface area contributed by atoms with Gasteiger partial charge in [-0.05, 0) is 52.5 Å². The number of nitrogens with one attached hydrogen (secondary N) is 1. The standard InChI is InChI=1S/C11H13ClIN5/c1-14-10(6-11-15-17-18(2)16-11)7-3-4-9(13)8(12)5-7/h3-5,10,14H,6H2,1-2H3. The van der Waals surface area contributed by atoms with E-state index in [0.29, 0.717) is 12.2 Å². The molecule has 1 aromatic carbocycles. The Hall–Kier alpha value is -0.730. The van der Waals surface area contributed by atoms with Gasteiger partial charge in [-0.15, -0.1) is 10.2 Å². The Balaban J connectivity index is 2.19. The molecule has 2 rings (SSSR count). The molecule has 0 aliphatic rings. The van der Waals surface area contributed by atoms with Crippen LogP contribution in [-0.4, -0.2) is 27.3 Å². The molecule has 5 nitrogen and oxygen atoms in total. The first-order chi connectivity index (χ1) is 8.60. The summed E-state index contributed by atoms with van der Waals surface area (Å²) in [5, 5.41) is 16.0. The van der Waals surface area contributed by atoms with Gasteiger partial charge in [-0.2, -0.15) is 4.80 Å². The van der Waals surface area contributed by atoms with E-state index >= 15 is 0 Å². The second-order valence-electron chi connectivity index (χ2n) is 3.91. The highest BCUT2D eigenvalue weighted by Gasteiger charge is 2.14. The van der Waals surface area contributed by atoms with E-state index < -0.39 is 0 Å². The molecule has 2 aromatic rings. The van der Waals surface area contributed by atoms with Crippen molar-refractivity contribution in [3.63, 3.8) is 0 Å². The zero-order valence-electron chi connectivity index (χ0n) is 10.1. The summed E-state index contributed by atoms with van der Waals surface area (Å²) >= 11 is 8.35. The molecule has 18 heavy (non-hydrogen) atoms. The Kier molecular flexibility index (Phi) is 4.52. The van der Waals surface area contributed by atoms with Gasteiger partial charge in [0.15, 0.2) is 5.82 Å². The molecule has 0 aliphatic carbocycles. The summed E-state index contributed by atoms with van der Waals surface area (Å²) in [4.78, 5) is 1.46. The van der Waals surface area contributed by atoms with Crippen molar-refractivity contribution in [2.75, 3.05) is 7.05 Å². The number of hydrogen-bond acceptors (Lipinski definition) is 4. The third kappa shape index (κ3) is 3.18. The van der Waals surface area contributed by atoms with Crippen LogP contribution in [0.4, 0.5) is 0 Å². The van der Waals surface area contributed by atoms with Gasteiger partial charge in [0.05, 0.1) is 12.1 Å². The molecule has 0 radical (unpaired) electrons. The van der Waals surface area contributed by atoms with Crippen molar-refractivity contribution in [2.24, 2.45) is 7.05 Å². The Bertz CT molecular complexity index is 542. The maximum atomic E-state index is 6.14. The first kappa shape index (κ1) is 13.7. The Morgan fingerprint density at radius 2 is 2.28 bits per heavy atom. The maximum absolute atomic E-state index is 6.14. The summed E-state index contributed by atoms with van der Waals surface area (Å²) in [5.74, 6) is 0.714. The lowest BCUT2D eigenvalue weighted by molar-refractivity contribution is 0.570. The van der Waals surface area contributed by atoms with Gasteiger partial charge >= 0.3 is 0 Å². The lowest BCUT2D eigenvalue weighted by Crippen LogP contribution is -2.19. The number of tetrazole rings is 1. The minimum atomic E-state index is 0.128. The highest BCUT2D eigenvalue weighted by molar-refractivity contribution is 14.1. The molecule has 0 spiro atoms. The molecule has 7 heteroatoms. The Labute approximate surface area is 124 Å². The average Bonchev–Trinajstić information content (AvgIpc) is 2.75. The largest absolute Gasteiger partial charge is 0.313 e. The van der Waals surface area contributed by atoms with Crippen LogP contribution in [0.25, 0.3) is 0 Å². The molecule has 0 bridgehead atoms. The lowest BCUT2D eigenvalue weighted by Gasteiger charge is -2.15. The van der Waals surface area contributed by atoms with E-state index in [1.807, 2.05) is 19.2 Å². The van der Waals surface area contributed by atoms with E-state index in [4.69, 9.17) is 11.6 Å². The van der Waals surface area contributed by atoms with Gasteiger partial charge in [0.2, 0.25) is 0 Å². The van der Waals surface area contributed by atoms with Crippen molar-refractivity contribution in [1.82, 2.24) is 25.5 Å². The van der Waals surface area contributed by atoms with E-state index in [1.54, 1.807) is 7.05 Å². The predicted octanol–water partition coefficient (Wildman–Crippen LogP) is 1.97. The Morgan fingerprint density at radius 3 is 2.83 bits per heavy atom. The summed E-state index contributed by atoms with van der Waals surface area (Å²) < 4.78 is 1.05. The summed E-state index contributed by atoms with van der Waals surface area (Å²) in [6, 6.07) is 6.17. The van der Waals surface area contributed by atoms with Crippen LogP contribution < -0.4 is 5.32 Å². The molecule has 1 N–H and O–H groups in total. The number of benzene rings is 1. The molecular weight excluding hydrogens is 365 g/mol. The molecule has 0 saturated heterocycles. The van der Waals surface area contributed by atoms with Crippen LogP contribution in [0.5, 0.6) is 0 Å². The topological polar surface area (TPSA) is 55.6 Å². The Morgan fingerprint density at radius 1 is 1.50 bits per heavy atom. The highest BCUT2D eigenvalue weighted by atomic mass is 127. The van der Waals surface area contributed by atoms with E-state index in [1.165, 1.54) is 4.80 Å². The predicted molar refractivity (Wildman–Crippen MR) is 78.5 cm³/mol. The second-order valence-corrected chi connectivity index (χ2v) is 5.48. The minimum absolute atomic E-state index is 0.128. The number of likely N-dealkylation sites (N-methyl/N-ethyl adjacent to an activating group) is 1. The molecule has 1 aromatic heterocycles. The zero-order chi connectivity index (χ0) is 13.1. The van der Waals surface area contributed by atoms with Crippen LogP contribution in [0.2, 0.25) is 5.02 Å². The van der Waals surface area contributed by atoms with E-state index in [2.05, 4.69) is 49.4 Å². The van der Waals surface area contributed by atoms with Crippen molar-refractivity contribution in [1.29, 1.82) is 0 Å². The first-order valence-electron chi connectivity index (χ1n) is 5.45. The number of nitrogens with zero attached hydrogens (tertiary/aromatic N) is 4. The normalized spacial score (nSPS) is 12.7. The fourth-order valence-electron chi connectivity index (χ4n) is 1.70. The van der Waals surface area contributed by atoms with Crippen LogP contribution in [0.1, 0.15) is 17.4 Å².